The van der Waals surface area contributed by atoms with Crippen LogP contribution in [0.15, 0.2) is 78.9 Å². The van der Waals surface area contributed by atoms with Gasteiger partial charge in [0, 0.05) is 18.2 Å². The fourth-order valence-electron chi connectivity index (χ4n) is 3.86. The molecular weight excluding hydrogens is 483 g/mol. The average Bonchev–Trinajstić information content (AvgIpc) is 3.22. The van der Waals surface area contributed by atoms with Crippen molar-refractivity contribution in [2.24, 2.45) is 0 Å². The molecule has 1 aromatic heterocycles. The monoisotopic (exact) mass is 507 g/mol. The Morgan fingerprint density at radius 1 is 0.946 bits per heavy atom. The van der Waals surface area contributed by atoms with E-state index in [9.17, 15) is 22.8 Å². The fraction of sp³-hybridized carbons (Fsp3) is 0.179. The van der Waals surface area contributed by atoms with Crippen LogP contribution < -0.4 is 10.1 Å². The van der Waals surface area contributed by atoms with Crippen LogP contribution in [0.2, 0.25) is 0 Å². The summed E-state index contributed by atoms with van der Waals surface area (Å²) >= 11 is 0. The van der Waals surface area contributed by atoms with Crippen molar-refractivity contribution in [1.82, 2.24) is 9.78 Å². The number of aryl methyl sites for hydroxylation is 1. The molecule has 1 heterocycles. The summed E-state index contributed by atoms with van der Waals surface area (Å²) in [5.41, 5.74) is 2.62. The van der Waals surface area contributed by atoms with E-state index in [0.717, 1.165) is 47.6 Å². The van der Waals surface area contributed by atoms with Crippen LogP contribution in [0.1, 0.15) is 41.9 Å². The summed E-state index contributed by atoms with van der Waals surface area (Å²) in [6.07, 6.45) is -3.00. The Morgan fingerprint density at radius 2 is 1.59 bits per heavy atom. The predicted octanol–water partition coefficient (Wildman–Crippen LogP) is 6.69. The van der Waals surface area contributed by atoms with Crippen molar-refractivity contribution in [1.29, 1.82) is 0 Å². The normalized spacial score (nSPS) is 11.3. The molecule has 0 aliphatic heterocycles. The molecule has 0 spiro atoms. The van der Waals surface area contributed by atoms with E-state index >= 15 is 0 Å². The van der Waals surface area contributed by atoms with Crippen LogP contribution >= 0.6 is 0 Å². The molecule has 9 heteroatoms. The van der Waals surface area contributed by atoms with E-state index in [0.29, 0.717) is 23.6 Å². The van der Waals surface area contributed by atoms with Crippen LogP contribution in [0.25, 0.3) is 16.8 Å². The minimum Gasteiger partial charge on any atom is -0.407 e. The number of rotatable bonds is 7. The fourth-order valence-corrected chi connectivity index (χ4v) is 3.86. The number of aromatic nitrogens is 2. The molecule has 0 aliphatic carbocycles. The second-order valence-corrected chi connectivity index (χ2v) is 8.32. The lowest BCUT2D eigenvalue weighted by molar-refractivity contribution is -0.137. The van der Waals surface area contributed by atoms with Crippen LogP contribution in [-0.4, -0.2) is 21.7 Å². The van der Waals surface area contributed by atoms with Gasteiger partial charge in [-0.15, -0.1) is 0 Å². The number of ether oxygens (including phenoxy) is 1. The molecule has 0 radical (unpaired) electrons. The number of halogens is 3. The van der Waals surface area contributed by atoms with Crippen molar-refractivity contribution in [2.75, 3.05) is 5.32 Å². The standard InChI is InChI=1S/C28H24F3N3O3/c1-3-7-24-25(27(37-18(2)35)34(33-24)23-8-5-4-6-9-23)19-12-16-22(17-13-19)32-26(36)20-10-14-21(15-11-20)28(29,30)31/h4-6,8-17H,3,7H2,1-2H3,(H,32,36). The van der Waals surface area contributed by atoms with Gasteiger partial charge >= 0.3 is 12.1 Å². The Labute approximate surface area is 211 Å². The third-order valence-electron chi connectivity index (χ3n) is 5.55. The number of nitrogens with zero attached hydrogens (tertiary/aromatic N) is 2. The number of amides is 1. The van der Waals surface area contributed by atoms with Gasteiger partial charge in [-0.25, -0.2) is 0 Å². The van der Waals surface area contributed by atoms with Gasteiger partial charge in [0.1, 0.15) is 0 Å². The van der Waals surface area contributed by atoms with E-state index in [4.69, 9.17) is 9.84 Å². The van der Waals surface area contributed by atoms with Gasteiger partial charge in [-0.3, -0.25) is 9.59 Å². The lowest BCUT2D eigenvalue weighted by Gasteiger charge is -2.11. The van der Waals surface area contributed by atoms with Crippen molar-refractivity contribution in [3.05, 3.63) is 95.7 Å². The number of esters is 1. The summed E-state index contributed by atoms with van der Waals surface area (Å²) in [7, 11) is 0. The Bertz CT molecular complexity index is 1400. The zero-order valence-electron chi connectivity index (χ0n) is 20.2. The molecule has 0 fully saturated rings. The summed E-state index contributed by atoms with van der Waals surface area (Å²) in [4.78, 5) is 24.5. The molecule has 0 bridgehead atoms. The number of benzene rings is 3. The highest BCUT2D eigenvalue weighted by Gasteiger charge is 2.30. The summed E-state index contributed by atoms with van der Waals surface area (Å²) in [6, 6.07) is 20.2. The maximum Gasteiger partial charge on any atom is 0.416 e. The van der Waals surface area contributed by atoms with Gasteiger partial charge in [-0.2, -0.15) is 23.0 Å². The lowest BCUT2D eigenvalue weighted by Crippen LogP contribution is -2.12. The molecule has 0 saturated carbocycles. The van der Waals surface area contributed by atoms with Crippen LogP contribution in [0.3, 0.4) is 0 Å². The highest BCUT2D eigenvalue weighted by molar-refractivity contribution is 6.04. The maximum atomic E-state index is 12.8. The Hall–Kier alpha value is -4.40. The molecule has 0 atom stereocenters. The Balaban J connectivity index is 1.64. The third-order valence-corrected chi connectivity index (χ3v) is 5.55. The SMILES string of the molecule is CCCc1nn(-c2ccccc2)c(OC(C)=O)c1-c1ccc(NC(=O)c2ccc(C(F)(F)F)cc2)cc1. The Morgan fingerprint density at radius 3 is 2.16 bits per heavy atom. The predicted molar refractivity (Wildman–Crippen MR) is 134 cm³/mol. The van der Waals surface area contributed by atoms with Gasteiger partial charge in [0.25, 0.3) is 5.91 Å². The first-order valence-corrected chi connectivity index (χ1v) is 11.6. The van der Waals surface area contributed by atoms with Gasteiger partial charge in [-0.05, 0) is 60.5 Å². The van der Waals surface area contributed by atoms with Crippen molar-refractivity contribution in [3.8, 4) is 22.7 Å². The van der Waals surface area contributed by atoms with Gasteiger partial charge in [-0.1, -0.05) is 43.7 Å². The lowest BCUT2D eigenvalue weighted by atomic mass is 10.0. The second-order valence-electron chi connectivity index (χ2n) is 8.32. The number of carbonyl (C=O) groups excluding carboxylic acids is 2. The summed E-state index contributed by atoms with van der Waals surface area (Å²) in [5.74, 6) is -0.726. The van der Waals surface area contributed by atoms with E-state index in [2.05, 4.69) is 5.32 Å². The molecule has 4 rings (SSSR count). The molecular formula is C28H24F3N3O3. The van der Waals surface area contributed by atoms with Crippen molar-refractivity contribution < 1.29 is 27.5 Å². The quantitative estimate of drug-likeness (QED) is 0.283. The first-order chi connectivity index (χ1) is 17.7. The maximum absolute atomic E-state index is 12.8. The van der Waals surface area contributed by atoms with Crippen molar-refractivity contribution in [3.63, 3.8) is 0 Å². The number of carbonyl (C=O) groups is 2. The molecule has 0 saturated heterocycles. The number of anilines is 1. The van der Waals surface area contributed by atoms with E-state index in [1.807, 2.05) is 37.3 Å². The van der Waals surface area contributed by atoms with Crippen molar-refractivity contribution >= 4 is 17.6 Å². The largest absolute Gasteiger partial charge is 0.416 e. The number of alkyl halides is 3. The van der Waals surface area contributed by atoms with Crippen molar-refractivity contribution in [2.45, 2.75) is 32.9 Å². The van der Waals surface area contributed by atoms with Crippen LogP contribution in [0, 0.1) is 0 Å². The van der Waals surface area contributed by atoms with E-state index in [-0.39, 0.29) is 5.56 Å². The minimum absolute atomic E-state index is 0.101. The van der Waals surface area contributed by atoms with E-state index in [1.54, 1.807) is 28.9 Å². The summed E-state index contributed by atoms with van der Waals surface area (Å²) in [6.45, 7) is 3.35. The van der Waals surface area contributed by atoms with Crippen LogP contribution in [-0.2, 0) is 17.4 Å². The van der Waals surface area contributed by atoms with Crippen LogP contribution in [0.4, 0.5) is 18.9 Å². The Kier molecular flexibility index (Phi) is 7.42. The highest BCUT2D eigenvalue weighted by atomic mass is 19.4. The first-order valence-electron chi connectivity index (χ1n) is 11.6. The highest BCUT2D eigenvalue weighted by Crippen LogP contribution is 2.37. The molecule has 1 amide bonds. The smallest absolute Gasteiger partial charge is 0.407 e. The van der Waals surface area contributed by atoms with Gasteiger partial charge in [0.15, 0.2) is 0 Å². The molecule has 37 heavy (non-hydrogen) atoms. The first kappa shape index (κ1) is 25.7. The zero-order valence-corrected chi connectivity index (χ0v) is 20.2. The van der Waals surface area contributed by atoms with Gasteiger partial charge < -0.3 is 10.1 Å². The molecule has 4 aromatic rings. The summed E-state index contributed by atoms with van der Waals surface area (Å²) in [5, 5.41) is 7.41. The van der Waals surface area contributed by atoms with Crippen LogP contribution in [0.5, 0.6) is 5.88 Å². The average molecular weight is 508 g/mol. The topological polar surface area (TPSA) is 73.2 Å². The van der Waals surface area contributed by atoms with E-state index < -0.39 is 23.6 Å². The van der Waals surface area contributed by atoms with E-state index in [1.165, 1.54) is 6.92 Å². The number of hydrogen-bond donors (Lipinski definition) is 1. The van der Waals surface area contributed by atoms with Gasteiger partial charge in [0.05, 0.1) is 22.5 Å². The zero-order chi connectivity index (χ0) is 26.6. The molecule has 0 unspecified atom stereocenters. The summed E-state index contributed by atoms with van der Waals surface area (Å²) < 4.78 is 45.6. The molecule has 3 aromatic carbocycles. The van der Waals surface area contributed by atoms with Gasteiger partial charge in [0.2, 0.25) is 5.88 Å². The molecule has 1 N–H and O–H groups in total. The molecule has 190 valence electrons. The number of nitrogens with one attached hydrogen (secondary N) is 1. The minimum atomic E-state index is -4.47. The second kappa shape index (κ2) is 10.7. The molecule has 0 aliphatic rings. The third kappa shape index (κ3) is 5.88. The number of hydrogen-bond acceptors (Lipinski definition) is 4. The molecule has 6 nitrogen and oxygen atoms in total. The number of para-hydroxylation sites is 1.